The van der Waals surface area contributed by atoms with E-state index >= 15 is 0 Å². The molecule has 2 aromatic carbocycles. The van der Waals surface area contributed by atoms with Gasteiger partial charge in [0.2, 0.25) is 0 Å². The van der Waals surface area contributed by atoms with Crippen LogP contribution in [0.25, 0.3) is 10.9 Å². The van der Waals surface area contributed by atoms with Gasteiger partial charge >= 0.3 is 6.03 Å². The van der Waals surface area contributed by atoms with Gasteiger partial charge in [-0.3, -0.25) is 19.6 Å². The summed E-state index contributed by atoms with van der Waals surface area (Å²) in [6.07, 6.45) is 5.77. The van der Waals surface area contributed by atoms with E-state index in [-0.39, 0.29) is 18.5 Å². The van der Waals surface area contributed by atoms with Crippen LogP contribution in [0.3, 0.4) is 0 Å². The van der Waals surface area contributed by atoms with Crippen LogP contribution >= 0.6 is 0 Å². The molecule has 0 radical (unpaired) electrons. The van der Waals surface area contributed by atoms with Crippen LogP contribution in [0, 0.1) is 0 Å². The van der Waals surface area contributed by atoms with Crippen molar-refractivity contribution >= 4 is 22.8 Å². The number of rotatable bonds is 7. The second-order valence-electron chi connectivity index (χ2n) is 10.0. The van der Waals surface area contributed by atoms with E-state index in [1.54, 1.807) is 6.20 Å². The molecule has 7 nitrogen and oxygen atoms in total. The second-order valence-corrected chi connectivity index (χ2v) is 10.0. The van der Waals surface area contributed by atoms with Crippen LogP contribution < -0.4 is 0 Å². The van der Waals surface area contributed by atoms with Gasteiger partial charge in [-0.15, -0.1) is 0 Å². The van der Waals surface area contributed by atoms with Gasteiger partial charge in [-0.1, -0.05) is 54.6 Å². The summed E-state index contributed by atoms with van der Waals surface area (Å²) >= 11 is 0. The smallest absolute Gasteiger partial charge is 0.328 e. The van der Waals surface area contributed by atoms with Gasteiger partial charge in [-0.05, 0) is 48.6 Å². The highest BCUT2D eigenvalue weighted by Gasteiger charge is 2.57. The Labute approximate surface area is 216 Å². The number of aromatic nitrogens is 2. The van der Waals surface area contributed by atoms with Crippen LogP contribution in [0.5, 0.6) is 0 Å². The normalized spacial score (nSPS) is 17.8. The van der Waals surface area contributed by atoms with Crippen molar-refractivity contribution < 1.29 is 9.59 Å². The monoisotopic (exact) mass is 493 g/mol. The standard InChI is InChI=1S/C30H31N5O2/c36-28-30(14-18-33(19-15-30)21-24-20-32-27-12-5-4-11-26(24)27)35(17-13-23-8-2-1-3-9-23)29(37)34(28)22-25-10-6-7-16-31-25/h1-12,16,20,32H,13-15,17-19,21-22H2. The third-order valence-electron chi connectivity index (χ3n) is 7.89. The molecule has 2 aliphatic rings. The number of nitrogens with one attached hydrogen (secondary N) is 1. The van der Waals surface area contributed by atoms with Crippen molar-refractivity contribution in [2.45, 2.75) is 37.9 Å². The highest BCUT2D eigenvalue weighted by Crippen LogP contribution is 2.38. The largest absolute Gasteiger partial charge is 0.361 e. The van der Waals surface area contributed by atoms with Crippen molar-refractivity contribution in [3.63, 3.8) is 0 Å². The van der Waals surface area contributed by atoms with Crippen LogP contribution in [0.15, 0.2) is 85.2 Å². The lowest BCUT2D eigenvalue weighted by Crippen LogP contribution is -2.56. The third-order valence-corrected chi connectivity index (χ3v) is 7.89. The Balaban J connectivity index is 1.22. The molecule has 0 bridgehead atoms. The summed E-state index contributed by atoms with van der Waals surface area (Å²) in [7, 11) is 0. The Morgan fingerprint density at radius 1 is 0.865 bits per heavy atom. The molecule has 1 N–H and O–H groups in total. The molecule has 2 aliphatic heterocycles. The predicted octanol–water partition coefficient (Wildman–Crippen LogP) is 4.60. The molecule has 0 atom stereocenters. The number of H-pyrrole nitrogens is 1. The fourth-order valence-electron chi connectivity index (χ4n) is 5.84. The van der Waals surface area contributed by atoms with Crippen LogP contribution in [0.2, 0.25) is 0 Å². The average molecular weight is 494 g/mol. The first-order valence-electron chi connectivity index (χ1n) is 13.0. The fraction of sp³-hybridized carbons (Fsp3) is 0.300. The maximum absolute atomic E-state index is 13.9. The number of carbonyl (C=O) groups excluding carboxylic acids is 2. The number of hydrogen-bond acceptors (Lipinski definition) is 4. The van der Waals surface area contributed by atoms with Crippen LogP contribution in [-0.2, 0) is 24.3 Å². The molecule has 2 aromatic heterocycles. The van der Waals surface area contributed by atoms with Crippen molar-refractivity contribution in [2.24, 2.45) is 0 Å². The number of hydrogen-bond donors (Lipinski definition) is 1. The lowest BCUT2D eigenvalue weighted by molar-refractivity contribution is -0.136. The second kappa shape index (κ2) is 9.82. The zero-order chi connectivity index (χ0) is 25.2. The lowest BCUT2D eigenvalue weighted by Gasteiger charge is -2.42. The van der Waals surface area contributed by atoms with E-state index in [2.05, 4.69) is 51.4 Å². The highest BCUT2D eigenvalue weighted by atomic mass is 16.2. The molecule has 37 heavy (non-hydrogen) atoms. The number of piperidine rings is 1. The number of benzene rings is 2. The number of likely N-dealkylation sites (tertiary alicyclic amines) is 1. The molecule has 0 aliphatic carbocycles. The van der Waals surface area contributed by atoms with E-state index in [0.717, 1.165) is 42.8 Å². The minimum absolute atomic E-state index is 0.0806. The first kappa shape index (κ1) is 23.4. The van der Waals surface area contributed by atoms with E-state index in [1.807, 2.05) is 47.4 Å². The molecule has 2 saturated heterocycles. The molecule has 0 saturated carbocycles. The van der Waals surface area contributed by atoms with Crippen molar-refractivity contribution in [2.75, 3.05) is 19.6 Å². The van der Waals surface area contributed by atoms with Crippen LogP contribution in [0.4, 0.5) is 4.79 Å². The maximum Gasteiger partial charge on any atom is 0.328 e. The minimum Gasteiger partial charge on any atom is -0.361 e. The number of carbonyl (C=O) groups is 2. The van der Waals surface area contributed by atoms with E-state index < -0.39 is 5.54 Å². The van der Waals surface area contributed by atoms with E-state index in [9.17, 15) is 9.59 Å². The Kier molecular flexibility index (Phi) is 6.22. The SMILES string of the molecule is O=C1N(Cc2ccccn2)C(=O)C2(CCN(Cc3c[nH]c4ccccc34)CC2)N1CCc1ccccc1. The van der Waals surface area contributed by atoms with Gasteiger partial charge in [0.1, 0.15) is 5.54 Å². The summed E-state index contributed by atoms with van der Waals surface area (Å²) in [4.78, 5) is 41.0. The zero-order valence-electron chi connectivity index (χ0n) is 20.8. The molecule has 4 heterocycles. The number of pyridine rings is 1. The Morgan fingerprint density at radius 3 is 2.41 bits per heavy atom. The van der Waals surface area contributed by atoms with Crippen molar-refractivity contribution in [1.82, 2.24) is 24.7 Å². The highest BCUT2D eigenvalue weighted by molar-refractivity contribution is 6.07. The third kappa shape index (κ3) is 4.40. The summed E-state index contributed by atoms with van der Waals surface area (Å²) in [5.41, 5.74) is 3.49. The van der Waals surface area contributed by atoms with E-state index in [4.69, 9.17) is 0 Å². The van der Waals surface area contributed by atoms with Gasteiger partial charge in [0, 0.05) is 49.5 Å². The number of imide groups is 1. The molecule has 0 unspecified atom stereocenters. The Hall–Kier alpha value is -3.97. The lowest BCUT2D eigenvalue weighted by atomic mass is 9.85. The first-order valence-corrected chi connectivity index (χ1v) is 13.0. The van der Waals surface area contributed by atoms with Crippen molar-refractivity contribution in [3.05, 3.63) is 102 Å². The molecule has 2 fully saturated rings. The summed E-state index contributed by atoms with van der Waals surface area (Å²) in [5.74, 6) is -0.0806. The van der Waals surface area contributed by atoms with Gasteiger partial charge in [0.25, 0.3) is 5.91 Å². The van der Waals surface area contributed by atoms with Gasteiger partial charge in [-0.25, -0.2) is 4.79 Å². The quantitative estimate of drug-likeness (QED) is 0.382. The Bertz CT molecular complexity index is 1390. The number of amides is 3. The summed E-state index contributed by atoms with van der Waals surface area (Å²) in [6, 6.07) is 23.9. The van der Waals surface area contributed by atoms with Gasteiger partial charge in [-0.2, -0.15) is 0 Å². The summed E-state index contributed by atoms with van der Waals surface area (Å²) in [6.45, 7) is 3.08. The predicted molar refractivity (Wildman–Crippen MR) is 143 cm³/mol. The molecule has 188 valence electrons. The molecular formula is C30H31N5O2. The Morgan fingerprint density at radius 2 is 1.62 bits per heavy atom. The number of urea groups is 1. The van der Waals surface area contributed by atoms with Crippen molar-refractivity contribution in [3.8, 4) is 0 Å². The minimum atomic E-state index is -0.794. The average Bonchev–Trinajstić information content (AvgIpc) is 3.43. The summed E-state index contributed by atoms with van der Waals surface area (Å²) in [5, 5.41) is 1.24. The number of aromatic amines is 1. The fourth-order valence-corrected chi connectivity index (χ4v) is 5.84. The topological polar surface area (TPSA) is 72.5 Å². The first-order chi connectivity index (χ1) is 18.1. The number of fused-ring (bicyclic) bond motifs is 1. The molecular weight excluding hydrogens is 462 g/mol. The van der Waals surface area contributed by atoms with Crippen LogP contribution in [0.1, 0.15) is 29.7 Å². The van der Waals surface area contributed by atoms with E-state index in [1.165, 1.54) is 15.8 Å². The van der Waals surface area contributed by atoms with Gasteiger partial charge in [0.05, 0.1) is 12.2 Å². The molecule has 3 amide bonds. The molecule has 1 spiro atoms. The van der Waals surface area contributed by atoms with Gasteiger partial charge < -0.3 is 9.88 Å². The molecule has 6 rings (SSSR count). The van der Waals surface area contributed by atoms with Crippen LogP contribution in [-0.4, -0.2) is 61.8 Å². The maximum atomic E-state index is 13.9. The number of nitrogens with zero attached hydrogens (tertiary/aromatic N) is 4. The zero-order valence-corrected chi connectivity index (χ0v) is 20.8. The molecule has 7 heteroatoms. The molecule has 4 aromatic rings. The number of para-hydroxylation sites is 1. The van der Waals surface area contributed by atoms with Gasteiger partial charge in [0.15, 0.2) is 0 Å². The van der Waals surface area contributed by atoms with E-state index in [0.29, 0.717) is 19.4 Å². The summed E-state index contributed by atoms with van der Waals surface area (Å²) < 4.78 is 0. The van der Waals surface area contributed by atoms with Crippen molar-refractivity contribution in [1.29, 1.82) is 0 Å².